The summed E-state index contributed by atoms with van der Waals surface area (Å²) < 4.78 is 20.8. The van der Waals surface area contributed by atoms with Crippen LogP contribution in [0.1, 0.15) is 32.8 Å². The summed E-state index contributed by atoms with van der Waals surface area (Å²) in [5.41, 5.74) is 6.17. The number of nitrogens with two attached hydrogens (primary N) is 1. The molecule has 0 aliphatic heterocycles. The molecule has 106 valence electrons. The van der Waals surface area contributed by atoms with E-state index in [0.717, 1.165) is 12.0 Å². The second kappa shape index (κ2) is 7.47. The van der Waals surface area contributed by atoms with E-state index >= 15 is 0 Å². The smallest absolute Gasteiger partial charge is 0.213 e. The summed E-state index contributed by atoms with van der Waals surface area (Å²) in [5, 5.41) is 0. The first-order valence-corrected chi connectivity index (χ1v) is 7.29. The molecule has 0 fully saturated rings. The van der Waals surface area contributed by atoms with E-state index in [1.807, 2.05) is 26.8 Å². The molecule has 5 nitrogen and oxygen atoms in total. The van der Waals surface area contributed by atoms with Gasteiger partial charge in [-0.05, 0) is 39.8 Å². The number of nitrogens with zero attached hydrogens (tertiary/aromatic N) is 2. The van der Waals surface area contributed by atoms with Crippen LogP contribution >= 0.6 is 0 Å². The summed E-state index contributed by atoms with van der Waals surface area (Å²) in [6.45, 7) is 6.81. The molecule has 0 radical (unpaired) electrons. The van der Waals surface area contributed by atoms with Crippen molar-refractivity contribution in [1.82, 2.24) is 4.98 Å². The van der Waals surface area contributed by atoms with E-state index in [2.05, 4.69) is 9.38 Å². The van der Waals surface area contributed by atoms with E-state index in [4.69, 9.17) is 10.5 Å². The summed E-state index contributed by atoms with van der Waals surface area (Å²) in [6.07, 6.45) is 4.01. The van der Waals surface area contributed by atoms with Crippen molar-refractivity contribution in [3.05, 3.63) is 23.9 Å². The fraction of sp³-hybridized carbons (Fsp3) is 0.538. The van der Waals surface area contributed by atoms with Crippen LogP contribution in [0.15, 0.2) is 22.7 Å². The van der Waals surface area contributed by atoms with E-state index in [0.29, 0.717) is 19.0 Å². The first kappa shape index (κ1) is 15.9. The minimum Gasteiger partial charge on any atom is -0.591 e. The molecule has 1 aromatic heterocycles. The average Bonchev–Trinajstić information content (AvgIpc) is 2.36. The molecule has 0 saturated heterocycles. The number of aromatic nitrogens is 1. The van der Waals surface area contributed by atoms with E-state index in [-0.39, 0.29) is 4.75 Å². The highest BCUT2D eigenvalue weighted by molar-refractivity contribution is 7.91. The predicted octanol–water partition coefficient (Wildman–Crippen LogP) is 1.69. The highest BCUT2D eigenvalue weighted by atomic mass is 32.2. The Labute approximate surface area is 117 Å². The molecular formula is C13H21N3O2S. The van der Waals surface area contributed by atoms with Gasteiger partial charge in [0.15, 0.2) is 0 Å². The maximum Gasteiger partial charge on any atom is 0.213 e. The Morgan fingerprint density at radius 2 is 2.21 bits per heavy atom. The number of rotatable bonds is 6. The Bertz CT molecular complexity index is 401. The van der Waals surface area contributed by atoms with Gasteiger partial charge < -0.3 is 15.0 Å². The number of pyridine rings is 1. The quantitative estimate of drug-likeness (QED) is 0.489. The van der Waals surface area contributed by atoms with Gasteiger partial charge in [0.25, 0.3) is 0 Å². The largest absolute Gasteiger partial charge is 0.591 e. The zero-order chi connectivity index (χ0) is 14.3. The first-order chi connectivity index (χ1) is 8.93. The Balaban J connectivity index is 2.54. The molecule has 1 atom stereocenters. The number of ether oxygens (including phenoxy) is 1. The van der Waals surface area contributed by atoms with E-state index < -0.39 is 11.4 Å². The summed E-state index contributed by atoms with van der Waals surface area (Å²) in [5.74, 6) is 0.558. The predicted molar refractivity (Wildman–Crippen MR) is 78.9 cm³/mol. The van der Waals surface area contributed by atoms with Gasteiger partial charge in [0, 0.05) is 17.8 Å². The van der Waals surface area contributed by atoms with Gasteiger partial charge >= 0.3 is 0 Å². The Kier molecular flexibility index (Phi) is 6.27. The molecule has 0 aliphatic rings. The van der Waals surface area contributed by atoms with E-state index in [9.17, 15) is 4.55 Å². The van der Waals surface area contributed by atoms with Crippen molar-refractivity contribution in [2.24, 2.45) is 10.1 Å². The first-order valence-electron chi connectivity index (χ1n) is 6.18. The third-order valence-electron chi connectivity index (χ3n) is 2.18. The third kappa shape index (κ3) is 6.04. The molecule has 0 amide bonds. The zero-order valence-corrected chi connectivity index (χ0v) is 12.4. The molecule has 2 N–H and O–H groups in total. The van der Waals surface area contributed by atoms with Crippen LogP contribution in [0.5, 0.6) is 5.88 Å². The van der Waals surface area contributed by atoms with Crippen molar-refractivity contribution in [3.8, 4) is 5.88 Å². The van der Waals surface area contributed by atoms with Crippen LogP contribution in [0.3, 0.4) is 0 Å². The van der Waals surface area contributed by atoms with E-state index in [1.165, 1.54) is 0 Å². The van der Waals surface area contributed by atoms with Crippen LogP contribution in [-0.4, -0.2) is 33.6 Å². The van der Waals surface area contributed by atoms with Crippen molar-refractivity contribution < 1.29 is 9.29 Å². The van der Waals surface area contributed by atoms with Crippen LogP contribution in [0.2, 0.25) is 0 Å². The molecule has 0 aliphatic carbocycles. The lowest BCUT2D eigenvalue weighted by Crippen LogP contribution is -2.25. The Morgan fingerprint density at radius 1 is 1.47 bits per heavy atom. The topological polar surface area (TPSA) is 83.6 Å². The molecule has 0 bridgehead atoms. The lowest BCUT2D eigenvalue weighted by Gasteiger charge is -2.17. The van der Waals surface area contributed by atoms with Gasteiger partial charge in [0.1, 0.15) is 16.1 Å². The van der Waals surface area contributed by atoms with Crippen molar-refractivity contribution in [2.75, 3.05) is 13.2 Å². The molecule has 0 saturated carbocycles. The lowest BCUT2D eigenvalue weighted by molar-refractivity contribution is 0.301. The van der Waals surface area contributed by atoms with Gasteiger partial charge in [0.2, 0.25) is 5.88 Å². The summed E-state index contributed by atoms with van der Waals surface area (Å²) in [4.78, 5) is 4.14. The SMILES string of the molecule is CC(C)(C)[S+]([O-])/N=C/c1ccc(OCCCN)nc1. The van der Waals surface area contributed by atoms with Crippen LogP contribution in [-0.2, 0) is 11.4 Å². The van der Waals surface area contributed by atoms with Crippen molar-refractivity contribution in [1.29, 1.82) is 0 Å². The lowest BCUT2D eigenvalue weighted by atomic mass is 10.3. The molecule has 0 spiro atoms. The number of hydrogen-bond acceptors (Lipinski definition) is 5. The zero-order valence-electron chi connectivity index (χ0n) is 11.6. The van der Waals surface area contributed by atoms with Crippen molar-refractivity contribution >= 4 is 17.6 Å². The fourth-order valence-corrected chi connectivity index (χ4v) is 1.61. The monoisotopic (exact) mass is 283 g/mol. The maximum atomic E-state index is 11.7. The standard InChI is InChI=1S/C13H21N3O2S/c1-13(2,3)19(17)16-10-11-5-6-12(15-9-11)18-8-4-7-14/h5-6,9-10H,4,7-8,14H2,1-3H3/b16-10+. The molecule has 0 aromatic carbocycles. The molecule has 1 unspecified atom stereocenters. The molecule has 1 rings (SSSR count). The third-order valence-corrected chi connectivity index (χ3v) is 3.52. The van der Waals surface area contributed by atoms with Crippen LogP contribution in [0, 0.1) is 0 Å². The van der Waals surface area contributed by atoms with Gasteiger partial charge in [-0.3, -0.25) is 0 Å². The van der Waals surface area contributed by atoms with Gasteiger partial charge in [0.05, 0.1) is 12.8 Å². The van der Waals surface area contributed by atoms with Crippen LogP contribution in [0.4, 0.5) is 0 Å². The maximum absolute atomic E-state index is 11.7. The number of hydrogen-bond donors (Lipinski definition) is 1. The van der Waals surface area contributed by atoms with Crippen molar-refractivity contribution in [3.63, 3.8) is 0 Å². The second-order valence-corrected chi connectivity index (χ2v) is 6.95. The minimum absolute atomic E-state index is 0.352. The molecule has 1 heterocycles. The van der Waals surface area contributed by atoms with Crippen LogP contribution in [0.25, 0.3) is 0 Å². The highest BCUT2D eigenvalue weighted by Crippen LogP contribution is 2.17. The van der Waals surface area contributed by atoms with E-state index in [1.54, 1.807) is 18.5 Å². The molecule has 19 heavy (non-hydrogen) atoms. The molecule has 1 aromatic rings. The molecular weight excluding hydrogens is 262 g/mol. The summed E-state index contributed by atoms with van der Waals surface area (Å²) in [6, 6.07) is 3.59. The second-order valence-electron chi connectivity index (χ2n) is 5.02. The normalized spacial score (nSPS) is 13.7. The minimum atomic E-state index is -1.25. The van der Waals surface area contributed by atoms with Gasteiger partial charge in [-0.25, -0.2) is 4.98 Å². The molecule has 6 heteroatoms. The summed E-state index contributed by atoms with van der Waals surface area (Å²) >= 11 is -1.25. The fourth-order valence-electron chi connectivity index (χ4n) is 1.08. The summed E-state index contributed by atoms with van der Waals surface area (Å²) in [7, 11) is 0. The van der Waals surface area contributed by atoms with Gasteiger partial charge in [-0.15, -0.1) is 0 Å². The van der Waals surface area contributed by atoms with Gasteiger partial charge in [-0.2, -0.15) is 0 Å². The van der Waals surface area contributed by atoms with Crippen molar-refractivity contribution in [2.45, 2.75) is 31.9 Å². The highest BCUT2D eigenvalue weighted by Gasteiger charge is 2.25. The van der Waals surface area contributed by atoms with Crippen LogP contribution < -0.4 is 10.5 Å². The van der Waals surface area contributed by atoms with Gasteiger partial charge in [-0.1, -0.05) is 4.40 Å². The Hall–Kier alpha value is -1.11. The Morgan fingerprint density at radius 3 is 2.74 bits per heavy atom. The average molecular weight is 283 g/mol.